The van der Waals surface area contributed by atoms with Gasteiger partial charge in [0.25, 0.3) is 0 Å². The quantitative estimate of drug-likeness (QED) is 0.882. The van der Waals surface area contributed by atoms with E-state index in [0.717, 1.165) is 10.6 Å². The van der Waals surface area contributed by atoms with E-state index in [4.69, 9.17) is 5.73 Å². The Labute approximate surface area is 122 Å². The van der Waals surface area contributed by atoms with Crippen molar-refractivity contribution >= 4 is 21.4 Å². The van der Waals surface area contributed by atoms with Gasteiger partial charge in [0.1, 0.15) is 5.01 Å². The summed E-state index contributed by atoms with van der Waals surface area (Å²) in [6, 6.07) is 6.54. The first-order valence-corrected chi connectivity index (χ1v) is 8.44. The van der Waals surface area contributed by atoms with Gasteiger partial charge in [0.15, 0.2) is 0 Å². The summed E-state index contributed by atoms with van der Waals surface area (Å²) >= 11 is 1.42. The van der Waals surface area contributed by atoms with Crippen molar-refractivity contribution in [3.05, 3.63) is 46.4 Å². The monoisotopic (exact) mass is 311 g/mol. The second kappa shape index (κ2) is 5.61. The summed E-state index contributed by atoms with van der Waals surface area (Å²) in [6.45, 7) is 3.97. The standard InChI is InChI=1S/C13H17N3O2S2/c1-13(2,12-15-7-8-19-12)16-20(17,18)11-5-3-10(9-14)4-6-11/h3-8,16H,9,14H2,1-2H3. The zero-order valence-electron chi connectivity index (χ0n) is 11.3. The molecule has 2 aromatic rings. The predicted molar refractivity (Wildman–Crippen MR) is 79.8 cm³/mol. The fraction of sp³-hybridized carbons (Fsp3) is 0.308. The van der Waals surface area contributed by atoms with E-state index in [0.29, 0.717) is 6.54 Å². The number of hydrogen-bond acceptors (Lipinski definition) is 5. The molecule has 0 aliphatic carbocycles. The van der Waals surface area contributed by atoms with Crippen LogP contribution in [0.25, 0.3) is 0 Å². The molecule has 0 saturated carbocycles. The lowest BCUT2D eigenvalue weighted by Crippen LogP contribution is -2.40. The average Bonchev–Trinajstić information content (AvgIpc) is 2.92. The summed E-state index contributed by atoms with van der Waals surface area (Å²) in [5.41, 5.74) is 5.64. The third kappa shape index (κ3) is 3.24. The highest BCUT2D eigenvalue weighted by Crippen LogP contribution is 2.24. The van der Waals surface area contributed by atoms with Gasteiger partial charge in [-0.25, -0.2) is 13.4 Å². The molecule has 0 amide bonds. The molecule has 108 valence electrons. The molecule has 5 nitrogen and oxygen atoms in total. The van der Waals surface area contributed by atoms with Crippen LogP contribution in [-0.2, 0) is 22.1 Å². The van der Waals surface area contributed by atoms with Crippen LogP contribution in [0.1, 0.15) is 24.4 Å². The van der Waals surface area contributed by atoms with Gasteiger partial charge in [-0.05, 0) is 31.5 Å². The van der Waals surface area contributed by atoms with Crippen LogP contribution in [0.4, 0.5) is 0 Å². The Hall–Kier alpha value is -1.28. The largest absolute Gasteiger partial charge is 0.326 e. The van der Waals surface area contributed by atoms with Crippen LogP contribution in [-0.4, -0.2) is 13.4 Å². The number of hydrogen-bond donors (Lipinski definition) is 2. The van der Waals surface area contributed by atoms with Gasteiger partial charge in [0.05, 0.1) is 10.4 Å². The molecular weight excluding hydrogens is 294 g/mol. The number of sulfonamides is 1. The maximum atomic E-state index is 12.4. The molecule has 0 aliphatic heterocycles. The molecule has 0 atom stereocenters. The molecule has 0 bridgehead atoms. The van der Waals surface area contributed by atoms with E-state index >= 15 is 0 Å². The minimum Gasteiger partial charge on any atom is -0.326 e. The molecule has 1 aromatic carbocycles. The molecule has 0 fully saturated rings. The Morgan fingerprint density at radius 1 is 1.30 bits per heavy atom. The molecule has 2 rings (SSSR count). The Balaban J connectivity index is 2.26. The Morgan fingerprint density at radius 3 is 2.45 bits per heavy atom. The zero-order chi connectivity index (χ0) is 14.8. The lowest BCUT2D eigenvalue weighted by atomic mass is 10.1. The van der Waals surface area contributed by atoms with Crippen molar-refractivity contribution in [3.63, 3.8) is 0 Å². The van der Waals surface area contributed by atoms with E-state index in [1.165, 1.54) is 11.3 Å². The number of nitrogens with two attached hydrogens (primary N) is 1. The summed E-state index contributed by atoms with van der Waals surface area (Å²) in [4.78, 5) is 4.39. The molecule has 0 saturated heterocycles. The van der Waals surface area contributed by atoms with Gasteiger partial charge >= 0.3 is 0 Å². The van der Waals surface area contributed by atoms with Gasteiger partial charge in [0.2, 0.25) is 10.0 Å². The third-order valence-electron chi connectivity index (χ3n) is 2.83. The smallest absolute Gasteiger partial charge is 0.241 e. The SMILES string of the molecule is CC(C)(NS(=O)(=O)c1ccc(CN)cc1)c1nccs1. The van der Waals surface area contributed by atoms with Gasteiger partial charge in [-0.1, -0.05) is 12.1 Å². The van der Waals surface area contributed by atoms with E-state index in [-0.39, 0.29) is 4.90 Å². The molecule has 7 heteroatoms. The van der Waals surface area contributed by atoms with E-state index < -0.39 is 15.6 Å². The summed E-state index contributed by atoms with van der Waals surface area (Å²) in [7, 11) is -3.59. The molecule has 20 heavy (non-hydrogen) atoms. The first kappa shape index (κ1) is 15.1. The van der Waals surface area contributed by atoms with Crippen molar-refractivity contribution in [1.29, 1.82) is 0 Å². The highest BCUT2D eigenvalue weighted by molar-refractivity contribution is 7.89. The van der Waals surface area contributed by atoms with Crippen LogP contribution in [0.3, 0.4) is 0 Å². The van der Waals surface area contributed by atoms with Crippen LogP contribution in [0.5, 0.6) is 0 Å². The second-order valence-corrected chi connectivity index (χ2v) is 7.49. The molecular formula is C13H17N3O2S2. The Bertz CT molecular complexity index is 662. The van der Waals surface area contributed by atoms with E-state index in [1.54, 1.807) is 44.3 Å². The first-order valence-electron chi connectivity index (χ1n) is 6.08. The minimum absolute atomic E-state index is 0.222. The van der Waals surface area contributed by atoms with Crippen LogP contribution < -0.4 is 10.5 Å². The number of rotatable bonds is 5. The summed E-state index contributed by atoms with van der Waals surface area (Å²) in [5.74, 6) is 0. The maximum Gasteiger partial charge on any atom is 0.241 e. The average molecular weight is 311 g/mol. The van der Waals surface area contributed by atoms with Crippen molar-refractivity contribution in [3.8, 4) is 0 Å². The fourth-order valence-corrected chi connectivity index (χ4v) is 3.94. The Morgan fingerprint density at radius 2 is 1.95 bits per heavy atom. The van der Waals surface area contributed by atoms with Crippen LogP contribution in [0.15, 0.2) is 40.7 Å². The highest BCUT2D eigenvalue weighted by Gasteiger charge is 2.29. The van der Waals surface area contributed by atoms with E-state index in [9.17, 15) is 8.42 Å². The molecule has 0 spiro atoms. The van der Waals surface area contributed by atoms with Crippen molar-refractivity contribution in [2.45, 2.75) is 30.8 Å². The van der Waals surface area contributed by atoms with Crippen molar-refractivity contribution in [2.75, 3.05) is 0 Å². The van der Waals surface area contributed by atoms with Crippen molar-refractivity contribution in [2.24, 2.45) is 5.73 Å². The lowest BCUT2D eigenvalue weighted by Gasteiger charge is -2.23. The van der Waals surface area contributed by atoms with Crippen molar-refractivity contribution in [1.82, 2.24) is 9.71 Å². The number of nitrogens with one attached hydrogen (secondary N) is 1. The van der Waals surface area contributed by atoms with Gasteiger partial charge in [0, 0.05) is 18.1 Å². The zero-order valence-corrected chi connectivity index (χ0v) is 13.0. The van der Waals surface area contributed by atoms with Crippen molar-refractivity contribution < 1.29 is 8.42 Å². The topological polar surface area (TPSA) is 85.1 Å². The summed E-state index contributed by atoms with van der Waals surface area (Å²) < 4.78 is 27.4. The normalized spacial score (nSPS) is 12.6. The predicted octanol–water partition coefficient (Wildman–Crippen LogP) is 1.82. The molecule has 1 heterocycles. The maximum absolute atomic E-state index is 12.4. The first-order chi connectivity index (χ1) is 9.35. The van der Waals surface area contributed by atoms with Gasteiger partial charge in [-0.2, -0.15) is 4.72 Å². The number of nitrogens with zero attached hydrogens (tertiary/aromatic N) is 1. The van der Waals surface area contributed by atoms with Gasteiger partial charge in [-0.15, -0.1) is 11.3 Å². The molecule has 0 radical (unpaired) electrons. The van der Waals surface area contributed by atoms with E-state index in [1.807, 2.05) is 5.38 Å². The molecule has 1 aromatic heterocycles. The lowest BCUT2D eigenvalue weighted by molar-refractivity contribution is 0.470. The summed E-state index contributed by atoms with van der Waals surface area (Å²) in [5, 5.41) is 2.54. The van der Waals surface area contributed by atoms with E-state index in [2.05, 4.69) is 9.71 Å². The minimum atomic E-state index is -3.59. The molecule has 0 unspecified atom stereocenters. The van der Waals surface area contributed by atoms with Gasteiger partial charge < -0.3 is 5.73 Å². The number of aromatic nitrogens is 1. The Kier molecular flexibility index (Phi) is 4.24. The molecule has 0 aliphatic rings. The number of benzene rings is 1. The van der Waals surface area contributed by atoms with Crippen LogP contribution >= 0.6 is 11.3 Å². The van der Waals surface area contributed by atoms with Gasteiger partial charge in [-0.3, -0.25) is 0 Å². The fourth-order valence-electron chi connectivity index (χ4n) is 1.78. The van der Waals surface area contributed by atoms with Crippen LogP contribution in [0, 0.1) is 0 Å². The molecule has 3 N–H and O–H groups in total. The number of thiazole rings is 1. The van der Waals surface area contributed by atoms with Crippen LogP contribution in [0.2, 0.25) is 0 Å². The highest BCUT2D eigenvalue weighted by atomic mass is 32.2. The third-order valence-corrected chi connectivity index (χ3v) is 5.59. The summed E-state index contributed by atoms with van der Waals surface area (Å²) in [6.07, 6.45) is 1.66. The second-order valence-electron chi connectivity index (χ2n) is 4.92.